The first-order valence-corrected chi connectivity index (χ1v) is 7.86. The van der Waals surface area contributed by atoms with E-state index in [0.717, 1.165) is 17.8 Å². The Kier molecular flexibility index (Phi) is 7.74. The summed E-state index contributed by atoms with van der Waals surface area (Å²) in [7, 11) is 0. The molecule has 0 atom stereocenters. The zero-order chi connectivity index (χ0) is 15.9. The van der Waals surface area contributed by atoms with E-state index in [-0.39, 0.29) is 18.3 Å². The van der Waals surface area contributed by atoms with Crippen LogP contribution >= 0.6 is 23.7 Å². The molecule has 0 saturated carbocycles. The van der Waals surface area contributed by atoms with Crippen molar-refractivity contribution in [1.82, 2.24) is 4.90 Å². The first-order chi connectivity index (χ1) is 10.6. The summed E-state index contributed by atoms with van der Waals surface area (Å²) < 4.78 is 0. The third-order valence-corrected chi connectivity index (χ3v) is 4.35. The smallest absolute Gasteiger partial charge is 0.263 e. The molecule has 0 aliphatic heterocycles. The molecule has 0 aliphatic carbocycles. The predicted molar refractivity (Wildman–Crippen MR) is 95.2 cm³/mol. The van der Waals surface area contributed by atoms with Gasteiger partial charge in [-0.25, -0.2) is 0 Å². The second-order valence-corrected chi connectivity index (χ2v) is 5.93. The van der Waals surface area contributed by atoms with Crippen LogP contribution in [0.25, 0.3) is 0 Å². The number of carbonyl (C=O) groups excluding carboxylic acids is 2. The van der Waals surface area contributed by atoms with Crippen LogP contribution in [0.15, 0.2) is 42.5 Å². The summed E-state index contributed by atoms with van der Waals surface area (Å²) >= 11 is 1.12. The number of carbonyl (C=O) groups is 2. The van der Waals surface area contributed by atoms with Gasteiger partial charge in [0.25, 0.3) is 11.8 Å². The molecular weight excluding hydrogens is 334 g/mol. The number of nitrogens with two attached hydrogens (primary N) is 2. The third kappa shape index (κ3) is 5.35. The number of amides is 2. The molecule has 5 nitrogen and oxygen atoms in total. The predicted octanol–water partition coefficient (Wildman–Crippen LogP) is 1.91. The van der Waals surface area contributed by atoms with E-state index in [9.17, 15) is 9.59 Å². The van der Waals surface area contributed by atoms with Crippen molar-refractivity contribution < 1.29 is 9.59 Å². The Morgan fingerprint density at radius 1 is 1.00 bits per heavy atom. The number of hydrogen-bond acceptors (Lipinski definition) is 4. The van der Waals surface area contributed by atoms with E-state index >= 15 is 0 Å². The molecule has 0 bridgehead atoms. The summed E-state index contributed by atoms with van der Waals surface area (Å²) in [6.07, 6.45) is 0.765. The van der Waals surface area contributed by atoms with Gasteiger partial charge < -0.3 is 16.4 Å². The number of rotatable bonds is 7. The molecule has 0 radical (unpaired) electrons. The topological polar surface area (TPSA) is 89.4 Å². The Labute approximate surface area is 145 Å². The highest BCUT2D eigenvalue weighted by Gasteiger charge is 2.18. The molecule has 23 heavy (non-hydrogen) atoms. The summed E-state index contributed by atoms with van der Waals surface area (Å²) in [5.41, 5.74) is 12.0. The number of primary amides is 1. The SMILES string of the molecule is Cl.NCCN(CCc1ccccc1)C(=O)c1ccc(C(N)=O)s1. The molecule has 2 rings (SSSR count). The molecule has 0 aliphatic rings. The number of nitrogens with zero attached hydrogens (tertiary/aromatic N) is 1. The Balaban J connectivity index is 0.00000264. The Morgan fingerprint density at radius 3 is 2.22 bits per heavy atom. The van der Waals surface area contributed by atoms with Crippen LogP contribution in [0, 0.1) is 0 Å². The maximum atomic E-state index is 12.5. The van der Waals surface area contributed by atoms with Gasteiger partial charge in [0.2, 0.25) is 0 Å². The van der Waals surface area contributed by atoms with E-state index in [0.29, 0.717) is 29.4 Å². The minimum absolute atomic E-state index is 0. The first-order valence-electron chi connectivity index (χ1n) is 7.04. The first kappa shape index (κ1) is 19.2. The fraction of sp³-hybridized carbons (Fsp3) is 0.250. The van der Waals surface area contributed by atoms with Crippen molar-refractivity contribution >= 4 is 35.6 Å². The van der Waals surface area contributed by atoms with Gasteiger partial charge in [-0.15, -0.1) is 23.7 Å². The molecule has 0 spiro atoms. The van der Waals surface area contributed by atoms with Crippen LogP contribution < -0.4 is 11.5 Å². The second kappa shape index (κ2) is 9.29. The van der Waals surface area contributed by atoms with Gasteiger partial charge in [0.05, 0.1) is 9.75 Å². The zero-order valence-electron chi connectivity index (χ0n) is 12.6. The van der Waals surface area contributed by atoms with Crippen molar-refractivity contribution in [1.29, 1.82) is 0 Å². The van der Waals surface area contributed by atoms with Crippen LogP contribution in [0.5, 0.6) is 0 Å². The van der Waals surface area contributed by atoms with Gasteiger partial charge in [0.15, 0.2) is 0 Å². The molecule has 0 fully saturated rings. The van der Waals surface area contributed by atoms with E-state index in [1.807, 2.05) is 30.3 Å². The second-order valence-electron chi connectivity index (χ2n) is 4.84. The Morgan fingerprint density at radius 2 is 1.65 bits per heavy atom. The van der Waals surface area contributed by atoms with Crippen LogP contribution in [0.4, 0.5) is 0 Å². The largest absolute Gasteiger partial charge is 0.365 e. The van der Waals surface area contributed by atoms with Gasteiger partial charge in [-0.3, -0.25) is 9.59 Å². The maximum Gasteiger partial charge on any atom is 0.263 e. The number of thiophene rings is 1. The molecule has 1 heterocycles. The fourth-order valence-electron chi connectivity index (χ4n) is 2.12. The highest BCUT2D eigenvalue weighted by atomic mass is 35.5. The molecule has 4 N–H and O–H groups in total. The number of halogens is 1. The van der Waals surface area contributed by atoms with Gasteiger partial charge in [-0.2, -0.15) is 0 Å². The minimum Gasteiger partial charge on any atom is -0.365 e. The highest BCUT2D eigenvalue weighted by Crippen LogP contribution is 2.18. The van der Waals surface area contributed by atoms with Gasteiger partial charge in [-0.1, -0.05) is 30.3 Å². The lowest BCUT2D eigenvalue weighted by atomic mass is 10.1. The molecule has 1 aromatic heterocycles. The van der Waals surface area contributed by atoms with Crippen molar-refractivity contribution in [3.05, 3.63) is 57.8 Å². The van der Waals surface area contributed by atoms with Crippen LogP contribution in [0.3, 0.4) is 0 Å². The summed E-state index contributed by atoms with van der Waals surface area (Å²) in [5.74, 6) is -0.627. The molecular formula is C16H20ClN3O2S. The Hall–Kier alpha value is -1.89. The van der Waals surface area contributed by atoms with Crippen molar-refractivity contribution in [2.24, 2.45) is 11.5 Å². The lowest BCUT2D eigenvalue weighted by Crippen LogP contribution is -2.36. The van der Waals surface area contributed by atoms with Crippen molar-refractivity contribution in [3.8, 4) is 0 Å². The summed E-state index contributed by atoms with van der Waals surface area (Å²) in [4.78, 5) is 26.3. The van der Waals surface area contributed by atoms with Crippen molar-refractivity contribution in [3.63, 3.8) is 0 Å². The van der Waals surface area contributed by atoms with Gasteiger partial charge in [0.1, 0.15) is 0 Å². The third-order valence-electron chi connectivity index (χ3n) is 3.26. The molecule has 124 valence electrons. The van der Waals surface area contributed by atoms with E-state index in [4.69, 9.17) is 11.5 Å². The van der Waals surface area contributed by atoms with Crippen molar-refractivity contribution in [2.75, 3.05) is 19.6 Å². The van der Waals surface area contributed by atoms with Crippen LogP contribution in [0.2, 0.25) is 0 Å². The lowest BCUT2D eigenvalue weighted by Gasteiger charge is -2.21. The molecule has 0 unspecified atom stereocenters. The molecule has 7 heteroatoms. The maximum absolute atomic E-state index is 12.5. The van der Waals surface area contributed by atoms with Gasteiger partial charge in [-0.05, 0) is 24.1 Å². The monoisotopic (exact) mass is 353 g/mol. The number of benzene rings is 1. The molecule has 1 aromatic carbocycles. The van der Waals surface area contributed by atoms with E-state index in [1.54, 1.807) is 17.0 Å². The van der Waals surface area contributed by atoms with Crippen LogP contribution in [0.1, 0.15) is 24.9 Å². The van der Waals surface area contributed by atoms with Crippen LogP contribution in [-0.2, 0) is 6.42 Å². The van der Waals surface area contributed by atoms with Crippen molar-refractivity contribution in [2.45, 2.75) is 6.42 Å². The van der Waals surface area contributed by atoms with Gasteiger partial charge in [0, 0.05) is 19.6 Å². The lowest BCUT2D eigenvalue weighted by molar-refractivity contribution is 0.0767. The average Bonchev–Trinajstić information content (AvgIpc) is 3.02. The normalized spacial score (nSPS) is 9.96. The summed E-state index contributed by atoms with van der Waals surface area (Å²) in [6.45, 7) is 1.47. The molecule has 2 aromatic rings. The fourth-order valence-corrected chi connectivity index (χ4v) is 2.95. The molecule has 2 amide bonds. The Bertz CT molecular complexity index is 646. The van der Waals surface area contributed by atoms with E-state index in [1.165, 1.54) is 5.56 Å². The highest BCUT2D eigenvalue weighted by molar-refractivity contribution is 7.15. The standard InChI is InChI=1S/C16H19N3O2S.ClH/c17-9-11-19(10-8-12-4-2-1-3-5-12)16(21)14-7-6-13(22-14)15(18)20;/h1-7H,8-11,17H2,(H2,18,20);1H. The number of hydrogen-bond donors (Lipinski definition) is 2. The minimum atomic E-state index is -0.515. The zero-order valence-corrected chi connectivity index (χ0v) is 14.2. The average molecular weight is 354 g/mol. The quantitative estimate of drug-likeness (QED) is 0.796. The van der Waals surface area contributed by atoms with Gasteiger partial charge >= 0.3 is 0 Å². The van der Waals surface area contributed by atoms with E-state index in [2.05, 4.69) is 0 Å². The van der Waals surface area contributed by atoms with Crippen LogP contribution in [-0.4, -0.2) is 36.3 Å². The molecule has 0 saturated heterocycles. The summed E-state index contributed by atoms with van der Waals surface area (Å²) in [6, 6.07) is 13.2. The summed E-state index contributed by atoms with van der Waals surface area (Å²) in [5, 5.41) is 0. The van der Waals surface area contributed by atoms with E-state index < -0.39 is 5.91 Å².